The van der Waals surface area contributed by atoms with Crippen LogP contribution in [0.15, 0.2) is 170 Å². The van der Waals surface area contributed by atoms with E-state index in [1.54, 1.807) is 0 Å². The quantitative estimate of drug-likeness (QED) is 0.197. The summed E-state index contributed by atoms with van der Waals surface area (Å²) >= 11 is 0. The molecule has 0 unspecified atom stereocenters. The van der Waals surface area contributed by atoms with Crippen molar-refractivity contribution in [3.8, 4) is 50.2 Å². The molecular formula is C43H31N. The summed E-state index contributed by atoms with van der Waals surface area (Å²) in [5, 5.41) is 2.51. The first-order chi connectivity index (χ1) is 21.7. The number of aromatic nitrogens is 1. The Labute approximate surface area is 258 Å². The minimum atomic E-state index is 1.15. The number of fused-ring (bicyclic) bond motifs is 3. The van der Waals surface area contributed by atoms with E-state index in [0.29, 0.717) is 0 Å². The van der Waals surface area contributed by atoms with Crippen LogP contribution >= 0.6 is 0 Å². The number of hydrogen-bond acceptors (Lipinski definition) is 0. The van der Waals surface area contributed by atoms with Gasteiger partial charge in [-0.3, -0.25) is 0 Å². The summed E-state index contributed by atoms with van der Waals surface area (Å²) in [6, 6.07) is 61.6. The van der Waals surface area contributed by atoms with Gasteiger partial charge in [-0.15, -0.1) is 0 Å². The molecule has 0 bridgehead atoms. The molecule has 44 heavy (non-hydrogen) atoms. The average molecular weight is 562 g/mol. The molecule has 1 heterocycles. The largest absolute Gasteiger partial charge is 0.309 e. The predicted molar refractivity (Wildman–Crippen MR) is 187 cm³/mol. The topological polar surface area (TPSA) is 4.93 Å². The maximum Gasteiger partial charge on any atom is 0.0547 e. The normalized spacial score (nSPS) is 11.3. The van der Waals surface area contributed by atoms with E-state index in [1.165, 1.54) is 71.9 Å². The van der Waals surface area contributed by atoms with Gasteiger partial charge in [-0.2, -0.15) is 0 Å². The first kappa shape index (κ1) is 26.0. The minimum absolute atomic E-state index is 1.15. The second kappa shape index (κ2) is 10.9. The third-order valence-corrected chi connectivity index (χ3v) is 8.63. The number of nitrogens with zero attached hydrogens (tertiary/aromatic N) is 1. The summed E-state index contributed by atoms with van der Waals surface area (Å²) < 4.78 is 2.45. The number of benzene rings is 7. The van der Waals surface area contributed by atoms with E-state index >= 15 is 0 Å². The Balaban J connectivity index is 1.40. The number of aryl methyl sites for hydroxylation is 1. The van der Waals surface area contributed by atoms with Crippen molar-refractivity contribution in [3.63, 3.8) is 0 Å². The van der Waals surface area contributed by atoms with Crippen molar-refractivity contribution >= 4 is 21.8 Å². The molecular weight excluding hydrogens is 530 g/mol. The second-order valence-electron chi connectivity index (χ2n) is 11.5. The molecule has 0 N–H and O–H groups in total. The van der Waals surface area contributed by atoms with E-state index in [2.05, 4.69) is 181 Å². The van der Waals surface area contributed by atoms with Gasteiger partial charge in [-0.25, -0.2) is 0 Å². The van der Waals surface area contributed by atoms with Crippen molar-refractivity contribution in [2.24, 2.45) is 0 Å². The highest BCUT2D eigenvalue weighted by Crippen LogP contribution is 2.39. The van der Waals surface area contributed by atoms with Gasteiger partial charge in [-0.05, 0) is 81.8 Å². The van der Waals surface area contributed by atoms with Crippen LogP contribution in [-0.2, 0) is 0 Å². The smallest absolute Gasteiger partial charge is 0.0547 e. The molecule has 0 spiro atoms. The lowest BCUT2D eigenvalue weighted by molar-refractivity contribution is 1.18. The highest BCUT2D eigenvalue weighted by Gasteiger charge is 2.16. The molecule has 8 aromatic rings. The fraction of sp³-hybridized carbons (Fsp3) is 0.0233. The Hall–Kier alpha value is -5.66. The van der Waals surface area contributed by atoms with Crippen LogP contribution in [0.5, 0.6) is 0 Å². The fourth-order valence-corrected chi connectivity index (χ4v) is 6.55. The van der Waals surface area contributed by atoms with Gasteiger partial charge in [0.15, 0.2) is 0 Å². The Kier molecular flexibility index (Phi) is 6.43. The second-order valence-corrected chi connectivity index (χ2v) is 11.5. The Morgan fingerprint density at radius 1 is 0.341 bits per heavy atom. The van der Waals surface area contributed by atoms with Gasteiger partial charge < -0.3 is 4.57 Å². The zero-order chi connectivity index (χ0) is 29.5. The van der Waals surface area contributed by atoms with Gasteiger partial charge in [0.1, 0.15) is 0 Å². The van der Waals surface area contributed by atoms with Gasteiger partial charge in [0.25, 0.3) is 0 Å². The van der Waals surface area contributed by atoms with E-state index < -0.39 is 0 Å². The third-order valence-electron chi connectivity index (χ3n) is 8.63. The van der Waals surface area contributed by atoms with Crippen LogP contribution in [0.4, 0.5) is 0 Å². The zero-order valence-electron chi connectivity index (χ0n) is 24.6. The molecule has 0 amide bonds. The summed E-state index contributed by atoms with van der Waals surface area (Å²) in [5.41, 5.74) is 14.6. The number of hydrogen-bond donors (Lipinski definition) is 0. The summed E-state index contributed by atoms with van der Waals surface area (Å²) in [4.78, 5) is 0. The molecule has 208 valence electrons. The number of para-hydroxylation sites is 1. The minimum Gasteiger partial charge on any atom is -0.309 e. The lowest BCUT2D eigenvalue weighted by atomic mass is 9.93. The average Bonchev–Trinajstić information content (AvgIpc) is 3.42. The molecule has 8 rings (SSSR count). The monoisotopic (exact) mass is 561 g/mol. The molecule has 0 fully saturated rings. The van der Waals surface area contributed by atoms with E-state index in [1.807, 2.05) is 0 Å². The maximum absolute atomic E-state index is 2.45. The third kappa shape index (κ3) is 4.60. The fourth-order valence-electron chi connectivity index (χ4n) is 6.55. The molecule has 0 saturated carbocycles. The van der Waals surface area contributed by atoms with Crippen molar-refractivity contribution in [2.45, 2.75) is 6.92 Å². The van der Waals surface area contributed by atoms with Crippen molar-refractivity contribution in [1.82, 2.24) is 4.57 Å². The van der Waals surface area contributed by atoms with E-state index in [9.17, 15) is 0 Å². The van der Waals surface area contributed by atoms with Crippen LogP contribution in [0.1, 0.15) is 5.56 Å². The van der Waals surface area contributed by atoms with Crippen LogP contribution in [-0.4, -0.2) is 4.57 Å². The Morgan fingerprint density at radius 3 is 1.55 bits per heavy atom. The van der Waals surface area contributed by atoms with Crippen LogP contribution in [0.3, 0.4) is 0 Å². The lowest BCUT2D eigenvalue weighted by Gasteiger charge is -2.15. The maximum atomic E-state index is 2.45. The lowest BCUT2D eigenvalue weighted by Crippen LogP contribution is -1.96. The van der Waals surface area contributed by atoms with Crippen molar-refractivity contribution < 1.29 is 0 Å². The van der Waals surface area contributed by atoms with Crippen LogP contribution in [0, 0.1) is 6.92 Å². The van der Waals surface area contributed by atoms with E-state index in [0.717, 1.165) is 5.69 Å². The first-order valence-corrected chi connectivity index (χ1v) is 15.2. The molecule has 0 radical (unpaired) electrons. The number of rotatable bonds is 5. The summed E-state index contributed by atoms with van der Waals surface area (Å²) in [6.07, 6.45) is 0. The van der Waals surface area contributed by atoms with Crippen LogP contribution in [0.25, 0.3) is 72.0 Å². The highest BCUT2D eigenvalue weighted by atomic mass is 15.0. The Morgan fingerprint density at radius 2 is 0.886 bits per heavy atom. The molecule has 1 nitrogen and oxygen atoms in total. The SMILES string of the molecule is Cc1cccc(-c2ccccc2-c2ccc3c4ccccc4n(-c4cc(-c5ccccc5)cc(-c5ccccc5)c4)c3c2)c1. The van der Waals surface area contributed by atoms with Crippen LogP contribution < -0.4 is 0 Å². The van der Waals surface area contributed by atoms with E-state index in [4.69, 9.17) is 0 Å². The van der Waals surface area contributed by atoms with Gasteiger partial charge in [0.05, 0.1) is 11.0 Å². The molecule has 0 aliphatic heterocycles. The Bertz CT molecular complexity index is 2220. The van der Waals surface area contributed by atoms with Gasteiger partial charge in [0, 0.05) is 16.5 Å². The summed E-state index contributed by atoms with van der Waals surface area (Å²) in [5.74, 6) is 0. The van der Waals surface area contributed by atoms with Gasteiger partial charge in [-0.1, -0.05) is 145 Å². The van der Waals surface area contributed by atoms with Crippen molar-refractivity contribution in [1.29, 1.82) is 0 Å². The molecule has 0 saturated heterocycles. The van der Waals surface area contributed by atoms with Gasteiger partial charge >= 0.3 is 0 Å². The molecule has 1 heteroatoms. The highest BCUT2D eigenvalue weighted by molar-refractivity contribution is 6.10. The molecule has 0 aliphatic rings. The van der Waals surface area contributed by atoms with Crippen LogP contribution in [0.2, 0.25) is 0 Å². The van der Waals surface area contributed by atoms with Gasteiger partial charge in [0.2, 0.25) is 0 Å². The summed E-state index contributed by atoms with van der Waals surface area (Å²) in [6.45, 7) is 2.16. The molecule has 0 atom stereocenters. The van der Waals surface area contributed by atoms with E-state index in [-0.39, 0.29) is 0 Å². The predicted octanol–water partition coefficient (Wildman–Crippen LogP) is 11.8. The first-order valence-electron chi connectivity index (χ1n) is 15.2. The summed E-state index contributed by atoms with van der Waals surface area (Å²) in [7, 11) is 0. The molecule has 1 aromatic heterocycles. The molecule has 7 aromatic carbocycles. The standard InChI is InChI=1S/C43H31N/c1-30-13-12-18-33(25-30)38-19-8-9-20-39(38)34-23-24-41-40-21-10-11-22-42(40)44(43(41)29-34)37-27-35(31-14-4-2-5-15-31)26-36(28-37)32-16-6-3-7-17-32/h2-29H,1H3. The zero-order valence-corrected chi connectivity index (χ0v) is 24.6. The van der Waals surface area contributed by atoms with Crippen molar-refractivity contribution in [3.05, 3.63) is 175 Å². The van der Waals surface area contributed by atoms with Crippen molar-refractivity contribution in [2.75, 3.05) is 0 Å². The molecule has 0 aliphatic carbocycles.